The topological polar surface area (TPSA) is 83.5 Å². The average molecular weight is 241 g/mol. The van der Waals surface area contributed by atoms with Gasteiger partial charge < -0.3 is 9.87 Å². The Kier molecular flexibility index (Phi) is 4.33. The Balaban J connectivity index is 2.74. The van der Waals surface area contributed by atoms with Crippen LogP contribution in [-0.4, -0.2) is 26.2 Å². The number of carbonyl (C=O) groups is 2. The van der Waals surface area contributed by atoms with E-state index >= 15 is 0 Å². The Labute approximate surface area is 95.1 Å². The lowest BCUT2D eigenvalue weighted by molar-refractivity contribution is -0.114. The van der Waals surface area contributed by atoms with Gasteiger partial charge in [0.15, 0.2) is 16.9 Å². The number of carbonyl (C=O) groups excluding carboxylic acids is 2. The number of nitrogens with one attached hydrogen (secondary N) is 1. The summed E-state index contributed by atoms with van der Waals surface area (Å²) >= 11 is -2.13. The van der Waals surface area contributed by atoms with Gasteiger partial charge in [0, 0.05) is 18.2 Å². The largest absolute Gasteiger partial charge is 0.326 e. The zero-order valence-corrected chi connectivity index (χ0v) is 9.41. The molecule has 1 atom stereocenters. The summed E-state index contributed by atoms with van der Waals surface area (Å²) in [7, 11) is 0. The molecular formula is C10H11NO4S. The molecule has 16 heavy (non-hydrogen) atoms. The van der Waals surface area contributed by atoms with Crippen molar-refractivity contribution in [1.29, 1.82) is 0 Å². The van der Waals surface area contributed by atoms with Crippen LogP contribution < -0.4 is 5.32 Å². The van der Waals surface area contributed by atoms with Crippen molar-refractivity contribution in [3.8, 4) is 0 Å². The Morgan fingerprint density at radius 2 is 1.88 bits per heavy atom. The zero-order valence-electron chi connectivity index (χ0n) is 8.60. The highest BCUT2D eigenvalue weighted by Gasteiger charge is 2.08. The molecule has 0 aliphatic carbocycles. The third-order valence-electron chi connectivity index (χ3n) is 1.78. The van der Waals surface area contributed by atoms with Gasteiger partial charge in [0.2, 0.25) is 5.91 Å². The molecule has 0 aliphatic heterocycles. The Hall–Kier alpha value is -1.53. The van der Waals surface area contributed by atoms with Gasteiger partial charge in [-0.1, -0.05) is 0 Å². The summed E-state index contributed by atoms with van der Waals surface area (Å²) < 4.78 is 19.0. The minimum absolute atomic E-state index is 0.199. The molecular weight excluding hydrogens is 230 g/mol. The first kappa shape index (κ1) is 12.5. The summed E-state index contributed by atoms with van der Waals surface area (Å²) in [6.07, 6.45) is 0. The minimum atomic E-state index is -2.13. The van der Waals surface area contributed by atoms with Crippen molar-refractivity contribution in [3.05, 3.63) is 29.8 Å². The van der Waals surface area contributed by atoms with E-state index in [1.165, 1.54) is 19.1 Å². The van der Waals surface area contributed by atoms with Gasteiger partial charge >= 0.3 is 0 Å². The molecule has 0 spiro atoms. The SMILES string of the molecule is CC(=O)Nc1ccc(C(=O)CS(=O)O)cc1. The maximum absolute atomic E-state index is 11.3. The van der Waals surface area contributed by atoms with Gasteiger partial charge in [-0.3, -0.25) is 9.59 Å². The number of anilines is 1. The van der Waals surface area contributed by atoms with Crippen LogP contribution in [0.25, 0.3) is 0 Å². The van der Waals surface area contributed by atoms with Crippen LogP contribution >= 0.6 is 0 Å². The summed E-state index contributed by atoms with van der Waals surface area (Å²) in [6, 6.07) is 6.13. The summed E-state index contributed by atoms with van der Waals surface area (Å²) in [5, 5.41) is 2.55. The number of hydrogen-bond donors (Lipinski definition) is 2. The predicted molar refractivity (Wildman–Crippen MR) is 60.7 cm³/mol. The van der Waals surface area contributed by atoms with Crippen LogP contribution in [0.4, 0.5) is 5.69 Å². The van der Waals surface area contributed by atoms with E-state index in [9.17, 15) is 13.8 Å². The third-order valence-corrected chi connectivity index (χ3v) is 2.29. The van der Waals surface area contributed by atoms with Crippen LogP contribution in [0.5, 0.6) is 0 Å². The first-order valence-electron chi connectivity index (χ1n) is 4.47. The second-order valence-electron chi connectivity index (χ2n) is 3.15. The van der Waals surface area contributed by atoms with Gasteiger partial charge in [0.05, 0.1) is 0 Å². The molecule has 1 rings (SSSR count). The van der Waals surface area contributed by atoms with Gasteiger partial charge in [0.1, 0.15) is 5.75 Å². The Morgan fingerprint density at radius 1 is 1.31 bits per heavy atom. The molecule has 86 valence electrons. The molecule has 0 aliphatic rings. The predicted octanol–water partition coefficient (Wildman–Crippen LogP) is 1.05. The maximum atomic E-state index is 11.3. The van der Waals surface area contributed by atoms with Crippen LogP contribution in [0.3, 0.4) is 0 Å². The summed E-state index contributed by atoms with van der Waals surface area (Å²) in [5.41, 5.74) is 0.922. The van der Waals surface area contributed by atoms with Gasteiger partial charge in [-0.05, 0) is 24.3 Å². The molecule has 0 saturated heterocycles. The highest BCUT2D eigenvalue weighted by molar-refractivity contribution is 7.80. The Morgan fingerprint density at radius 3 is 2.31 bits per heavy atom. The average Bonchev–Trinajstić information content (AvgIpc) is 2.16. The molecule has 2 N–H and O–H groups in total. The lowest BCUT2D eigenvalue weighted by atomic mass is 10.1. The first-order valence-corrected chi connectivity index (χ1v) is 5.75. The number of Topliss-reactive ketones (excluding diaryl/α,β-unsaturated/α-hetero) is 1. The number of benzene rings is 1. The summed E-state index contributed by atoms with van der Waals surface area (Å²) in [6.45, 7) is 1.38. The molecule has 0 saturated carbocycles. The summed E-state index contributed by atoms with van der Waals surface area (Å²) in [5.74, 6) is -1.02. The molecule has 1 aromatic rings. The van der Waals surface area contributed by atoms with Crippen LogP contribution in [0, 0.1) is 0 Å². The standard InChI is InChI=1S/C10H11NO4S/c1-7(12)11-9-4-2-8(3-5-9)10(13)6-16(14)15/h2-5H,6H2,1H3,(H,11,12)(H,14,15). The van der Waals surface area contributed by atoms with Gasteiger partial charge in [-0.25, -0.2) is 4.21 Å². The zero-order chi connectivity index (χ0) is 12.1. The number of hydrogen-bond acceptors (Lipinski definition) is 3. The van der Waals surface area contributed by atoms with E-state index in [-0.39, 0.29) is 5.91 Å². The molecule has 0 fully saturated rings. The van der Waals surface area contributed by atoms with E-state index in [0.717, 1.165) is 0 Å². The van der Waals surface area contributed by atoms with Crippen LogP contribution in [0.15, 0.2) is 24.3 Å². The van der Waals surface area contributed by atoms with Crippen molar-refractivity contribution in [2.45, 2.75) is 6.92 Å². The Bertz CT molecular complexity index is 427. The highest BCUT2D eigenvalue weighted by atomic mass is 32.2. The van der Waals surface area contributed by atoms with E-state index in [4.69, 9.17) is 4.55 Å². The molecule has 1 unspecified atom stereocenters. The quantitative estimate of drug-likeness (QED) is 0.609. The van der Waals surface area contributed by atoms with Crippen LogP contribution in [0.2, 0.25) is 0 Å². The molecule has 1 amide bonds. The lowest BCUT2D eigenvalue weighted by Gasteiger charge is -2.03. The maximum Gasteiger partial charge on any atom is 0.221 e. The normalized spacial score (nSPS) is 11.9. The molecule has 1 aromatic carbocycles. The van der Waals surface area contributed by atoms with Crippen molar-refractivity contribution >= 4 is 28.5 Å². The second-order valence-corrected chi connectivity index (χ2v) is 4.08. The van der Waals surface area contributed by atoms with Crippen LogP contribution in [-0.2, 0) is 15.9 Å². The number of amides is 1. The number of rotatable bonds is 4. The summed E-state index contributed by atoms with van der Waals surface area (Å²) in [4.78, 5) is 22.1. The van der Waals surface area contributed by atoms with Gasteiger partial charge in [0.25, 0.3) is 0 Å². The monoisotopic (exact) mass is 241 g/mol. The molecule has 0 heterocycles. The van der Waals surface area contributed by atoms with E-state index in [1.807, 2.05) is 0 Å². The highest BCUT2D eigenvalue weighted by Crippen LogP contribution is 2.10. The molecule has 6 heteroatoms. The van der Waals surface area contributed by atoms with E-state index in [2.05, 4.69) is 5.32 Å². The molecule has 0 bridgehead atoms. The second kappa shape index (κ2) is 5.53. The van der Waals surface area contributed by atoms with Gasteiger partial charge in [-0.15, -0.1) is 0 Å². The van der Waals surface area contributed by atoms with E-state index in [0.29, 0.717) is 11.3 Å². The fourth-order valence-corrected chi connectivity index (χ4v) is 1.53. The van der Waals surface area contributed by atoms with Crippen molar-refractivity contribution in [2.75, 3.05) is 11.1 Å². The van der Waals surface area contributed by atoms with Crippen LogP contribution in [0.1, 0.15) is 17.3 Å². The van der Waals surface area contributed by atoms with Crippen molar-refractivity contribution < 1.29 is 18.4 Å². The van der Waals surface area contributed by atoms with Crippen molar-refractivity contribution in [1.82, 2.24) is 0 Å². The smallest absolute Gasteiger partial charge is 0.221 e. The minimum Gasteiger partial charge on any atom is -0.326 e. The molecule has 5 nitrogen and oxygen atoms in total. The van der Waals surface area contributed by atoms with E-state index < -0.39 is 22.6 Å². The first-order chi connectivity index (χ1) is 7.49. The fraction of sp³-hybridized carbons (Fsp3) is 0.200. The van der Waals surface area contributed by atoms with Crippen molar-refractivity contribution in [3.63, 3.8) is 0 Å². The van der Waals surface area contributed by atoms with Gasteiger partial charge in [-0.2, -0.15) is 0 Å². The lowest BCUT2D eigenvalue weighted by Crippen LogP contribution is -2.10. The van der Waals surface area contributed by atoms with E-state index in [1.54, 1.807) is 12.1 Å². The van der Waals surface area contributed by atoms with Crippen molar-refractivity contribution in [2.24, 2.45) is 0 Å². The molecule has 0 radical (unpaired) electrons. The molecule has 0 aromatic heterocycles. The number of ketones is 1. The fourth-order valence-electron chi connectivity index (χ4n) is 1.14. The third kappa shape index (κ3) is 3.92.